The number of hydrogen-bond acceptors (Lipinski definition) is 2. The summed E-state index contributed by atoms with van der Waals surface area (Å²) in [5, 5.41) is 3.74. The topological polar surface area (TPSA) is 49.4 Å². The summed E-state index contributed by atoms with van der Waals surface area (Å²) >= 11 is 11.9. The number of hydrogen-bond donors (Lipinski definition) is 1. The first-order valence-electron chi connectivity index (χ1n) is 8.79. The van der Waals surface area contributed by atoms with Gasteiger partial charge in [-0.05, 0) is 61.2 Å². The van der Waals surface area contributed by atoms with E-state index < -0.39 is 0 Å². The maximum atomic E-state index is 12.7. The van der Waals surface area contributed by atoms with E-state index in [-0.39, 0.29) is 11.8 Å². The first-order valence-corrected chi connectivity index (χ1v) is 9.54. The summed E-state index contributed by atoms with van der Waals surface area (Å²) in [4.78, 5) is 26.8. The molecule has 2 amide bonds. The van der Waals surface area contributed by atoms with Crippen LogP contribution in [-0.2, 0) is 4.79 Å². The molecule has 2 aromatic rings. The average molecular weight is 403 g/mol. The molecule has 0 radical (unpaired) electrons. The van der Waals surface area contributed by atoms with Crippen LogP contribution in [0.15, 0.2) is 42.5 Å². The summed E-state index contributed by atoms with van der Waals surface area (Å²) < 4.78 is 0. The zero-order chi connectivity index (χ0) is 19.4. The Balaban J connectivity index is 1.72. The molecule has 1 heterocycles. The van der Waals surface area contributed by atoms with Gasteiger partial charge in [0, 0.05) is 30.4 Å². The van der Waals surface area contributed by atoms with Gasteiger partial charge in [0.1, 0.15) is 0 Å². The molecule has 2 aromatic carbocycles. The third-order valence-electron chi connectivity index (χ3n) is 4.59. The van der Waals surface area contributed by atoms with E-state index in [2.05, 4.69) is 5.32 Å². The molecule has 4 nitrogen and oxygen atoms in total. The van der Waals surface area contributed by atoms with Crippen LogP contribution in [0, 0.1) is 6.92 Å². The number of anilines is 1. The summed E-state index contributed by atoms with van der Waals surface area (Å²) in [6, 6.07) is 10.5. The van der Waals surface area contributed by atoms with Gasteiger partial charge in [0.05, 0.1) is 10.0 Å². The molecule has 6 heteroatoms. The van der Waals surface area contributed by atoms with Gasteiger partial charge in [-0.2, -0.15) is 0 Å². The van der Waals surface area contributed by atoms with Crippen molar-refractivity contribution in [1.29, 1.82) is 0 Å². The second-order valence-corrected chi connectivity index (χ2v) is 7.29. The van der Waals surface area contributed by atoms with E-state index in [4.69, 9.17) is 23.2 Å². The minimum atomic E-state index is -0.282. The van der Waals surface area contributed by atoms with E-state index in [0.717, 1.165) is 37.1 Å². The fraction of sp³-hybridized carbons (Fsp3) is 0.238. The van der Waals surface area contributed by atoms with Crippen molar-refractivity contribution >= 4 is 46.8 Å². The van der Waals surface area contributed by atoms with Crippen LogP contribution >= 0.6 is 23.2 Å². The number of carbonyl (C=O) groups excluding carboxylic acids is 2. The monoisotopic (exact) mass is 402 g/mol. The molecule has 0 saturated carbocycles. The lowest BCUT2D eigenvalue weighted by Crippen LogP contribution is -2.28. The molecule has 0 aliphatic carbocycles. The lowest BCUT2D eigenvalue weighted by atomic mass is 10.1. The molecule has 1 saturated heterocycles. The van der Waals surface area contributed by atoms with Gasteiger partial charge in [-0.15, -0.1) is 0 Å². The van der Waals surface area contributed by atoms with Crippen molar-refractivity contribution in [3.05, 3.63) is 69.2 Å². The van der Waals surface area contributed by atoms with E-state index >= 15 is 0 Å². The number of carbonyl (C=O) groups is 2. The van der Waals surface area contributed by atoms with Crippen LogP contribution in [0.4, 0.5) is 5.69 Å². The second kappa shape index (κ2) is 8.59. The largest absolute Gasteiger partial charge is 0.339 e. The minimum Gasteiger partial charge on any atom is -0.339 e. The Morgan fingerprint density at radius 2 is 1.81 bits per heavy atom. The standard InChI is InChI=1S/C21H20Cl2N2O2/c1-14-16(21(27)25-11-2-3-12-25)5-4-6-19(14)24-20(26)10-8-15-7-9-17(22)18(23)13-15/h4-10,13H,2-3,11-12H2,1H3,(H,24,26)/b10-8+. The van der Waals surface area contributed by atoms with E-state index in [0.29, 0.717) is 21.3 Å². The zero-order valence-electron chi connectivity index (χ0n) is 15.0. The Labute approximate surface area is 168 Å². The molecule has 0 aromatic heterocycles. The Hall–Kier alpha value is -2.30. The Morgan fingerprint density at radius 3 is 2.52 bits per heavy atom. The van der Waals surface area contributed by atoms with Gasteiger partial charge in [-0.3, -0.25) is 9.59 Å². The van der Waals surface area contributed by atoms with Crippen LogP contribution in [0.2, 0.25) is 10.0 Å². The van der Waals surface area contributed by atoms with Gasteiger partial charge in [-0.1, -0.05) is 35.3 Å². The zero-order valence-corrected chi connectivity index (χ0v) is 16.5. The first kappa shape index (κ1) is 19.5. The van der Waals surface area contributed by atoms with Crippen LogP contribution in [0.1, 0.15) is 34.3 Å². The molecule has 0 atom stereocenters. The maximum absolute atomic E-state index is 12.7. The lowest BCUT2D eigenvalue weighted by Gasteiger charge is -2.18. The van der Waals surface area contributed by atoms with Gasteiger partial charge >= 0.3 is 0 Å². The van der Waals surface area contributed by atoms with Crippen molar-refractivity contribution in [2.45, 2.75) is 19.8 Å². The number of amides is 2. The lowest BCUT2D eigenvalue weighted by molar-refractivity contribution is -0.111. The van der Waals surface area contributed by atoms with E-state index in [1.807, 2.05) is 11.8 Å². The van der Waals surface area contributed by atoms with Crippen molar-refractivity contribution in [2.24, 2.45) is 0 Å². The smallest absolute Gasteiger partial charge is 0.254 e. The summed E-state index contributed by atoms with van der Waals surface area (Å²) in [6.07, 6.45) is 5.17. The highest BCUT2D eigenvalue weighted by atomic mass is 35.5. The molecule has 1 fully saturated rings. The van der Waals surface area contributed by atoms with Gasteiger partial charge in [0.25, 0.3) is 5.91 Å². The predicted octanol–water partition coefficient (Wildman–Crippen LogP) is 5.19. The Kier molecular flexibility index (Phi) is 6.19. The maximum Gasteiger partial charge on any atom is 0.254 e. The normalized spacial score (nSPS) is 14.0. The van der Waals surface area contributed by atoms with Crippen LogP contribution < -0.4 is 5.32 Å². The molecule has 140 valence electrons. The fourth-order valence-corrected chi connectivity index (χ4v) is 3.36. The molecule has 27 heavy (non-hydrogen) atoms. The minimum absolute atomic E-state index is 0.0208. The average Bonchev–Trinajstić information content (AvgIpc) is 3.19. The number of rotatable bonds is 4. The van der Waals surface area contributed by atoms with Gasteiger partial charge in [0.2, 0.25) is 5.91 Å². The predicted molar refractivity (Wildman–Crippen MR) is 110 cm³/mol. The van der Waals surface area contributed by atoms with Gasteiger partial charge in [0.15, 0.2) is 0 Å². The Morgan fingerprint density at radius 1 is 1.07 bits per heavy atom. The van der Waals surface area contributed by atoms with Crippen LogP contribution in [0.25, 0.3) is 6.08 Å². The molecule has 0 bridgehead atoms. The van der Waals surface area contributed by atoms with Crippen molar-refractivity contribution in [2.75, 3.05) is 18.4 Å². The highest BCUT2D eigenvalue weighted by Crippen LogP contribution is 2.24. The van der Waals surface area contributed by atoms with E-state index in [1.165, 1.54) is 6.08 Å². The highest BCUT2D eigenvalue weighted by molar-refractivity contribution is 6.42. The quantitative estimate of drug-likeness (QED) is 0.715. The third kappa shape index (κ3) is 4.71. The van der Waals surface area contributed by atoms with Crippen molar-refractivity contribution in [3.8, 4) is 0 Å². The SMILES string of the molecule is Cc1c(NC(=O)/C=C/c2ccc(Cl)c(Cl)c2)cccc1C(=O)N1CCCC1. The number of nitrogens with one attached hydrogen (secondary N) is 1. The number of nitrogens with zero attached hydrogens (tertiary/aromatic N) is 1. The molecular weight excluding hydrogens is 383 g/mol. The molecule has 1 aliphatic rings. The summed E-state index contributed by atoms with van der Waals surface area (Å²) in [6.45, 7) is 3.43. The second-order valence-electron chi connectivity index (χ2n) is 6.47. The summed E-state index contributed by atoms with van der Waals surface area (Å²) in [5.41, 5.74) is 2.80. The van der Waals surface area contributed by atoms with Gasteiger partial charge in [-0.25, -0.2) is 0 Å². The van der Waals surface area contributed by atoms with Gasteiger partial charge < -0.3 is 10.2 Å². The van der Waals surface area contributed by atoms with Crippen LogP contribution in [0.3, 0.4) is 0 Å². The third-order valence-corrected chi connectivity index (χ3v) is 5.33. The molecule has 0 spiro atoms. The number of halogens is 2. The van der Waals surface area contributed by atoms with Crippen molar-refractivity contribution in [3.63, 3.8) is 0 Å². The molecule has 3 rings (SSSR count). The first-order chi connectivity index (χ1) is 13.0. The molecule has 1 aliphatic heterocycles. The molecular formula is C21H20Cl2N2O2. The fourth-order valence-electron chi connectivity index (χ4n) is 3.06. The molecule has 1 N–H and O–H groups in total. The van der Waals surface area contributed by atoms with Crippen molar-refractivity contribution in [1.82, 2.24) is 4.90 Å². The van der Waals surface area contributed by atoms with Crippen LogP contribution in [0.5, 0.6) is 0 Å². The Bertz CT molecular complexity index is 903. The number of likely N-dealkylation sites (tertiary alicyclic amines) is 1. The van der Waals surface area contributed by atoms with Crippen molar-refractivity contribution < 1.29 is 9.59 Å². The van der Waals surface area contributed by atoms with Crippen LogP contribution in [-0.4, -0.2) is 29.8 Å². The van der Waals surface area contributed by atoms with E-state index in [1.54, 1.807) is 42.5 Å². The van der Waals surface area contributed by atoms with E-state index in [9.17, 15) is 9.59 Å². The number of benzene rings is 2. The highest BCUT2D eigenvalue weighted by Gasteiger charge is 2.21. The summed E-state index contributed by atoms with van der Waals surface area (Å²) in [7, 11) is 0. The molecule has 0 unspecified atom stereocenters. The summed E-state index contributed by atoms with van der Waals surface area (Å²) in [5.74, 6) is -0.262.